The summed E-state index contributed by atoms with van der Waals surface area (Å²) in [6.07, 6.45) is 2.39. The van der Waals surface area contributed by atoms with Crippen LogP contribution in [0, 0.1) is 16.2 Å². The maximum Gasteiger partial charge on any atom is 0.0844 e. The van der Waals surface area contributed by atoms with Gasteiger partial charge in [-0.2, -0.15) is 4.91 Å². The molecule has 0 aliphatic heterocycles. The lowest BCUT2D eigenvalue weighted by Gasteiger charge is -2.02. The van der Waals surface area contributed by atoms with Gasteiger partial charge < -0.3 is 0 Å². The number of nitrogens with zero attached hydrogens (tertiary/aromatic N) is 1. The second-order valence-corrected chi connectivity index (χ2v) is 3.22. The summed E-state index contributed by atoms with van der Waals surface area (Å²) in [7, 11) is 0. The van der Waals surface area contributed by atoms with Gasteiger partial charge in [-0.1, -0.05) is 25.4 Å². The summed E-state index contributed by atoms with van der Waals surface area (Å²) in [5, 5.41) is 2.89. The number of hydrogen-bond donors (Lipinski definition) is 0. The van der Waals surface area contributed by atoms with Crippen molar-refractivity contribution in [1.29, 1.82) is 0 Å². The highest BCUT2D eigenvalue weighted by Crippen LogP contribution is 2.54. The van der Waals surface area contributed by atoms with Gasteiger partial charge in [0.1, 0.15) is 0 Å². The second kappa shape index (κ2) is 2.09. The summed E-state index contributed by atoms with van der Waals surface area (Å²) in [6, 6.07) is 0. The highest BCUT2D eigenvalue weighted by molar-refractivity contribution is 4.98. The molecule has 1 rings (SSSR count). The molecule has 1 aliphatic carbocycles. The van der Waals surface area contributed by atoms with E-state index in [9.17, 15) is 4.91 Å². The van der Waals surface area contributed by atoms with Gasteiger partial charge in [0, 0.05) is 0 Å². The van der Waals surface area contributed by atoms with Gasteiger partial charge in [-0.25, -0.2) is 0 Å². The van der Waals surface area contributed by atoms with E-state index in [4.69, 9.17) is 0 Å². The monoisotopic (exact) mass is 127 g/mol. The quantitative estimate of drug-likeness (QED) is 0.534. The molecule has 0 bridgehead atoms. The molecule has 2 unspecified atom stereocenters. The Kier molecular flexibility index (Phi) is 1.56. The lowest BCUT2D eigenvalue weighted by molar-refractivity contribution is 0.489. The van der Waals surface area contributed by atoms with Crippen LogP contribution in [0.4, 0.5) is 0 Å². The topological polar surface area (TPSA) is 29.4 Å². The van der Waals surface area contributed by atoms with Gasteiger partial charge in [-0.05, 0) is 17.8 Å². The van der Waals surface area contributed by atoms with E-state index in [0.717, 1.165) is 0 Å². The standard InChI is InChI=1S/C7H13NO/c1-3-7(2)4-6(7)5-8-9/h6H,3-5H2,1-2H3. The Balaban J connectivity index is 2.29. The minimum atomic E-state index is 0.466. The zero-order chi connectivity index (χ0) is 6.91. The number of rotatable bonds is 3. The van der Waals surface area contributed by atoms with Crippen LogP contribution in [-0.4, -0.2) is 6.54 Å². The molecule has 0 spiro atoms. The van der Waals surface area contributed by atoms with Crippen LogP contribution >= 0.6 is 0 Å². The molecule has 0 amide bonds. The molecular weight excluding hydrogens is 114 g/mol. The van der Waals surface area contributed by atoms with Gasteiger partial charge in [0.25, 0.3) is 0 Å². The van der Waals surface area contributed by atoms with Crippen molar-refractivity contribution in [3.63, 3.8) is 0 Å². The van der Waals surface area contributed by atoms with Gasteiger partial charge in [-0.3, -0.25) is 0 Å². The van der Waals surface area contributed by atoms with E-state index < -0.39 is 0 Å². The molecule has 1 fully saturated rings. The van der Waals surface area contributed by atoms with E-state index >= 15 is 0 Å². The van der Waals surface area contributed by atoms with Crippen molar-refractivity contribution in [2.24, 2.45) is 16.5 Å². The zero-order valence-corrected chi connectivity index (χ0v) is 6.05. The molecule has 2 heteroatoms. The van der Waals surface area contributed by atoms with Crippen LogP contribution < -0.4 is 0 Å². The molecule has 1 aliphatic rings. The van der Waals surface area contributed by atoms with Gasteiger partial charge in [0.15, 0.2) is 0 Å². The van der Waals surface area contributed by atoms with Crippen molar-refractivity contribution in [2.45, 2.75) is 26.7 Å². The van der Waals surface area contributed by atoms with Crippen LogP contribution in [0.15, 0.2) is 5.18 Å². The molecule has 0 aromatic carbocycles. The van der Waals surface area contributed by atoms with E-state index in [0.29, 0.717) is 17.9 Å². The van der Waals surface area contributed by atoms with Crippen LogP contribution in [0.25, 0.3) is 0 Å². The molecule has 1 saturated carbocycles. The highest BCUT2D eigenvalue weighted by Gasteiger charge is 2.48. The van der Waals surface area contributed by atoms with Gasteiger partial charge in [0.2, 0.25) is 0 Å². The van der Waals surface area contributed by atoms with Crippen molar-refractivity contribution in [3.8, 4) is 0 Å². The molecule has 0 N–H and O–H groups in total. The summed E-state index contributed by atoms with van der Waals surface area (Å²) < 4.78 is 0. The second-order valence-electron chi connectivity index (χ2n) is 3.22. The van der Waals surface area contributed by atoms with Crippen molar-refractivity contribution >= 4 is 0 Å². The van der Waals surface area contributed by atoms with Crippen LogP contribution in [0.1, 0.15) is 26.7 Å². The predicted octanol–water partition coefficient (Wildman–Crippen LogP) is 2.19. The Morgan fingerprint density at radius 3 is 2.78 bits per heavy atom. The molecule has 0 saturated heterocycles. The number of hydrogen-bond acceptors (Lipinski definition) is 2. The summed E-state index contributed by atoms with van der Waals surface area (Å²) in [5.74, 6) is 0.597. The Morgan fingerprint density at radius 1 is 1.78 bits per heavy atom. The summed E-state index contributed by atoms with van der Waals surface area (Å²) in [5.41, 5.74) is 0.466. The van der Waals surface area contributed by atoms with Crippen molar-refractivity contribution in [1.82, 2.24) is 0 Å². The lowest BCUT2D eigenvalue weighted by atomic mass is 10.0. The summed E-state index contributed by atoms with van der Waals surface area (Å²) in [6.45, 7) is 4.93. The average molecular weight is 127 g/mol. The summed E-state index contributed by atoms with van der Waals surface area (Å²) >= 11 is 0. The van der Waals surface area contributed by atoms with Gasteiger partial charge in [-0.15, -0.1) is 0 Å². The Bertz CT molecular complexity index is 124. The first-order chi connectivity index (χ1) is 4.23. The first-order valence-electron chi connectivity index (χ1n) is 3.52. The molecule has 0 aromatic heterocycles. The lowest BCUT2D eigenvalue weighted by Crippen LogP contribution is -1.96. The number of nitroso groups, excluding NO2 is 1. The SMILES string of the molecule is CCC1(C)CC1CN=O. The third-order valence-electron chi connectivity index (χ3n) is 2.64. The van der Waals surface area contributed by atoms with E-state index in [2.05, 4.69) is 19.0 Å². The minimum absolute atomic E-state index is 0.466. The third-order valence-corrected chi connectivity index (χ3v) is 2.64. The average Bonchev–Trinajstić information content (AvgIpc) is 2.46. The molecule has 9 heavy (non-hydrogen) atoms. The smallest absolute Gasteiger partial charge is 0.0844 e. The van der Waals surface area contributed by atoms with Gasteiger partial charge >= 0.3 is 0 Å². The van der Waals surface area contributed by atoms with Crippen molar-refractivity contribution in [3.05, 3.63) is 4.91 Å². The van der Waals surface area contributed by atoms with Gasteiger partial charge in [0.05, 0.1) is 6.54 Å². The molecule has 0 aromatic rings. The Hall–Kier alpha value is -0.400. The fourth-order valence-electron chi connectivity index (χ4n) is 1.31. The Morgan fingerprint density at radius 2 is 2.44 bits per heavy atom. The normalized spacial score (nSPS) is 40.4. The largest absolute Gasteiger partial charge is 0.151 e. The predicted molar refractivity (Wildman–Crippen MR) is 37.2 cm³/mol. The fourth-order valence-corrected chi connectivity index (χ4v) is 1.31. The molecule has 0 heterocycles. The van der Waals surface area contributed by atoms with E-state index in [-0.39, 0.29) is 0 Å². The van der Waals surface area contributed by atoms with Crippen LogP contribution in [0.5, 0.6) is 0 Å². The van der Waals surface area contributed by atoms with E-state index in [1.54, 1.807) is 0 Å². The maximum absolute atomic E-state index is 9.81. The zero-order valence-electron chi connectivity index (χ0n) is 6.05. The first-order valence-corrected chi connectivity index (χ1v) is 3.52. The molecule has 0 radical (unpaired) electrons. The minimum Gasteiger partial charge on any atom is -0.151 e. The first kappa shape index (κ1) is 6.72. The highest BCUT2D eigenvalue weighted by atomic mass is 16.3. The van der Waals surface area contributed by atoms with Crippen molar-refractivity contribution < 1.29 is 0 Å². The Labute approximate surface area is 55.6 Å². The maximum atomic E-state index is 9.81. The van der Waals surface area contributed by atoms with Crippen molar-refractivity contribution in [2.75, 3.05) is 6.54 Å². The fraction of sp³-hybridized carbons (Fsp3) is 1.00. The van der Waals surface area contributed by atoms with E-state index in [1.165, 1.54) is 12.8 Å². The van der Waals surface area contributed by atoms with Crippen LogP contribution in [-0.2, 0) is 0 Å². The van der Waals surface area contributed by atoms with Crippen LogP contribution in [0.3, 0.4) is 0 Å². The molecule has 2 atom stereocenters. The molecule has 52 valence electrons. The van der Waals surface area contributed by atoms with E-state index in [1.807, 2.05) is 0 Å². The third kappa shape index (κ3) is 1.12. The molecule has 2 nitrogen and oxygen atoms in total. The molecular formula is C7H13NO. The summed E-state index contributed by atoms with van der Waals surface area (Å²) in [4.78, 5) is 9.81. The van der Waals surface area contributed by atoms with Crippen LogP contribution in [0.2, 0.25) is 0 Å².